The Bertz CT molecular complexity index is 836. The Balaban J connectivity index is 1.95. The Kier molecular flexibility index (Phi) is 5.32. The van der Waals surface area contributed by atoms with Crippen molar-refractivity contribution in [2.24, 2.45) is 0 Å². The van der Waals surface area contributed by atoms with Crippen LogP contribution in [0.1, 0.15) is 0 Å². The SMILES string of the molecule is O=S(=O)(c1ccccc1Oc1ccc(Cl)cc1Cl)N1CCOCC1. The summed E-state index contributed by atoms with van der Waals surface area (Å²) in [4.78, 5) is 0.0953. The van der Waals surface area contributed by atoms with E-state index < -0.39 is 10.0 Å². The maximum atomic E-state index is 12.9. The molecule has 0 aromatic heterocycles. The Labute approximate surface area is 150 Å². The predicted octanol–water partition coefficient (Wildman–Crippen LogP) is 3.81. The van der Waals surface area contributed by atoms with E-state index in [1.54, 1.807) is 30.3 Å². The number of benzene rings is 2. The van der Waals surface area contributed by atoms with Gasteiger partial charge in [-0.25, -0.2) is 8.42 Å². The average Bonchev–Trinajstić information content (AvgIpc) is 2.58. The largest absolute Gasteiger partial charge is 0.454 e. The van der Waals surface area contributed by atoms with Crippen molar-refractivity contribution in [3.05, 3.63) is 52.5 Å². The second kappa shape index (κ2) is 7.29. The highest BCUT2D eigenvalue weighted by Crippen LogP contribution is 2.35. The first-order valence-corrected chi connectivity index (χ1v) is 9.48. The van der Waals surface area contributed by atoms with Gasteiger partial charge in [0.05, 0.1) is 18.2 Å². The second-order valence-electron chi connectivity index (χ2n) is 5.14. The monoisotopic (exact) mass is 387 g/mol. The van der Waals surface area contributed by atoms with Crippen molar-refractivity contribution in [2.75, 3.05) is 26.3 Å². The molecule has 1 heterocycles. The van der Waals surface area contributed by atoms with Crippen LogP contribution in [0.4, 0.5) is 0 Å². The fourth-order valence-electron chi connectivity index (χ4n) is 2.35. The summed E-state index contributed by atoms with van der Waals surface area (Å²) in [6, 6.07) is 11.2. The van der Waals surface area contributed by atoms with Gasteiger partial charge in [0, 0.05) is 18.1 Å². The van der Waals surface area contributed by atoms with E-state index in [9.17, 15) is 8.42 Å². The normalized spacial score (nSPS) is 16.1. The molecule has 24 heavy (non-hydrogen) atoms. The highest BCUT2D eigenvalue weighted by Gasteiger charge is 2.29. The molecule has 0 spiro atoms. The first kappa shape index (κ1) is 17.5. The zero-order chi connectivity index (χ0) is 17.2. The topological polar surface area (TPSA) is 55.8 Å². The van der Waals surface area contributed by atoms with Crippen LogP contribution >= 0.6 is 23.2 Å². The predicted molar refractivity (Wildman–Crippen MR) is 92.6 cm³/mol. The Morgan fingerprint density at radius 3 is 2.42 bits per heavy atom. The molecule has 1 aliphatic rings. The van der Waals surface area contributed by atoms with Gasteiger partial charge in [0.25, 0.3) is 0 Å². The second-order valence-corrected chi connectivity index (χ2v) is 7.89. The summed E-state index contributed by atoms with van der Waals surface area (Å²) in [6.45, 7) is 1.40. The molecule has 3 rings (SSSR count). The molecule has 1 aliphatic heterocycles. The van der Waals surface area contributed by atoms with Crippen LogP contribution in [0.2, 0.25) is 10.0 Å². The van der Waals surface area contributed by atoms with E-state index in [4.69, 9.17) is 32.7 Å². The number of nitrogens with zero attached hydrogens (tertiary/aromatic N) is 1. The van der Waals surface area contributed by atoms with Crippen molar-refractivity contribution in [2.45, 2.75) is 4.90 Å². The van der Waals surface area contributed by atoms with Gasteiger partial charge in [-0.05, 0) is 30.3 Å². The first-order valence-electron chi connectivity index (χ1n) is 7.28. The van der Waals surface area contributed by atoms with Gasteiger partial charge < -0.3 is 9.47 Å². The standard InChI is InChI=1S/C16H15Cl2NO4S/c17-12-5-6-14(13(18)11-12)23-15-3-1-2-4-16(15)24(20,21)19-7-9-22-10-8-19/h1-6,11H,7-10H2. The number of hydrogen-bond donors (Lipinski definition) is 0. The zero-order valence-electron chi connectivity index (χ0n) is 12.6. The van der Waals surface area contributed by atoms with Crippen LogP contribution in [0, 0.1) is 0 Å². The maximum Gasteiger partial charge on any atom is 0.246 e. The van der Waals surface area contributed by atoms with Crippen molar-refractivity contribution in [1.29, 1.82) is 0 Å². The summed E-state index contributed by atoms with van der Waals surface area (Å²) in [6.07, 6.45) is 0. The summed E-state index contributed by atoms with van der Waals surface area (Å²) in [5, 5.41) is 0.780. The van der Waals surface area contributed by atoms with Crippen LogP contribution < -0.4 is 4.74 Å². The third kappa shape index (κ3) is 3.68. The van der Waals surface area contributed by atoms with Crippen molar-refractivity contribution >= 4 is 33.2 Å². The van der Waals surface area contributed by atoms with E-state index in [-0.39, 0.29) is 10.6 Å². The van der Waals surface area contributed by atoms with Crippen LogP contribution in [-0.2, 0) is 14.8 Å². The van der Waals surface area contributed by atoms with Crippen LogP contribution in [-0.4, -0.2) is 39.0 Å². The van der Waals surface area contributed by atoms with Crippen molar-refractivity contribution in [3.63, 3.8) is 0 Å². The molecule has 5 nitrogen and oxygen atoms in total. The molecule has 0 radical (unpaired) electrons. The van der Waals surface area contributed by atoms with Crippen LogP contribution in [0.15, 0.2) is 47.4 Å². The van der Waals surface area contributed by atoms with Gasteiger partial charge in [0.1, 0.15) is 16.4 Å². The van der Waals surface area contributed by atoms with E-state index in [0.717, 1.165) is 0 Å². The average molecular weight is 388 g/mol. The molecule has 128 valence electrons. The van der Waals surface area contributed by atoms with Crippen molar-refractivity contribution in [1.82, 2.24) is 4.31 Å². The molecule has 1 saturated heterocycles. The molecule has 0 unspecified atom stereocenters. The van der Waals surface area contributed by atoms with E-state index in [0.29, 0.717) is 42.1 Å². The minimum atomic E-state index is -3.67. The lowest BCUT2D eigenvalue weighted by Crippen LogP contribution is -2.40. The van der Waals surface area contributed by atoms with Crippen molar-refractivity contribution < 1.29 is 17.9 Å². The smallest absolute Gasteiger partial charge is 0.246 e. The number of sulfonamides is 1. The number of para-hydroxylation sites is 1. The number of hydrogen-bond acceptors (Lipinski definition) is 4. The quantitative estimate of drug-likeness (QED) is 0.800. The molecule has 0 aliphatic carbocycles. The van der Waals surface area contributed by atoms with E-state index in [1.807, 2.05) is 0 Å². The van der Waals surface area contributed by atoms with Gasteiger partial charge in [0.2, 0.25) is 10.0 Å². The molecule has 0 saturated carbocycles. The number of morpholine rings is 1. The van der Waals surface area contributed by atoms with Gasteiger partial charge in [0.15, 0.2) is 0 Å². The van der Waals surface area contributed by atoms with Crippen LogP contribution in [0.25, 0.3) is 0 Å². The lowest BCUT2D eigenvalue weighted by Gasteiger charge is -2.26. The summed E-state index contributed by atoms with van der Waals surface area (Å²) in [5.74, 6) is 0.555. The Morgan fingerprint density at radius 1 is 1.00 bits per heavy atom. The lowest BCUT2D eigenvalue weighted by molar-refractivity contribution is 0.0730. The molecule has 0 atom stereocenters. The summed E-state index contributed by atoms with van der Waals surface area (Å²) >= 11 is 12.0. The molecule has 2 aromatic carbocycles. The van der Waals surface area contributed by atoms with Crippen molar-refractivity contribution in [3.8, 4) is 11.5 Å². The van der Waals surface area contributed by atoms with Gasteiger partial charge in [-0.1, -0.05) is 35.3 Å². The molecule has 8 heteroatoms. The molecule has 1 fully saturated rings. The highest BCUT2D eigenvalue weighted by molar-refractivity contribution is 7.89. The lowest BCUT2D eigenvalue weighted by atomic mass is 10.3. The molecular formula is C16H15Cl2NO4S. The van der Waals surface area contributed by atoms with E-state index >= 15 is 0 Å². The number of halogens is 2. The van der Waals surface area contributed by atoms with E-state index in [1.165, 1.54) is 16.4 Å². The summed E-state index contributed by atoms with van der Waals surface area (Å²) in [7, 11) is -3.67. The fraction of sp³-hybridized carbons (Fsp3) is 0.250. The Morgan fingerprint density at radius 2 is 1.71 bits per heavy atom. The Hall–Kier alpha value is -1.31. The highest BCUT2D eigenvalue weighted by atomic mass is 35.5. The molecule has 2 aromatic rings. The van der Waals surface area contributed by atoms with Crippen LogP contribution in [0.5, 0.6) is 11.5 Å². The number of rotatable bonds is 4. The minimum Gasteiger partial charge on any atom is -0.454 e. The summed E-state index contributed by atoms with van der Waals surface area (Å²) in [5.41, 5.74) is 0. The third-order valence-corrected chi connectivity index (χ3v) is 6.02. The number of ether oxygens (including phenoxy) is 2. The third-order valence-electron chi connectivity index (χ3n) is 3.55. The van der Waals surface area contributed by atoms with Gasteiger partial charge in [-0.3, -0.25) is 0 Å². The van der Waals surface area contributed by atoms with Gasteiger partial charge in [-0.15, -0.1) is 0 Å². The molecule has 0 bridgehead atoms. The molecule has 0 N–H and O–H groups in total. The maximum absolute atomic E-state index is 12.9. The molecule has 0 amide bonds. The first-order chi connectivity index (χ1) is 11.5. The summed E-state index contributed by atoms with van der Waals surface area (Å²) < 4.78 is 38.1. The van der Waals surface area contributed by atoms with Gasteiger partial charge >= 0.3 is 0 Å². The fourth-order valence-corrected chi connectivity index (χ4v) is 4.32. The van der Waals surface area contributed by atoms with E-state index in [2.05, 4.69) is 0 Å². The molecular weight excluding hydrogens is 373 g/mol. The van der Waals surface area contributed by atoms with Crippen LogP contribution in [0.3, 0.4) is 0 Å². The zero-order valence-corrected chi connectivity index (χ0v) is 14.9. The van der Waals surface area contributed by atoms with Gasteiger partial charge in [-0.2, -0.15) is 4.31 Å². The minimum absolute atomic E-state index is 0.0953.